The minimum absolute atomic E-state index is 0.0836. The molecular formula is C25H26N6O2. The molecule has 0 fully saturated rings. The van der Waals surface area contributed by atoms with E-state index in [-0.39, 0.29) is 12.0 Å². The highest BCUT2D eigenvalue weighted by atomic mass is 16.5. The predicted molar refractivity (Wildman–Crippen MR) is 127 cm³/mol. The van der Waals surface area contributed by atoms with Crippen LogP contribution in [-0.2, 0) is 13.1 Å². The summed E-state index contributed by atoms with van der Waals surface area (Å²) < 4.78 is 7.87. The minimum Gasteiger partial charge on any atom is -0.491 e. The van der Waals surface area contributed by atoms with Crippen molar-refractivity contribution in [1.29, 1.82) is 0 Å². The molecule has 3 aromatic heterocycles. The standard InChI is InChI=1S/C25H26N6O2/c1-16(2)33-20-6-4-17(5-7-20)25(32)29-23-11-18-10-21(26-12-19(18)13-27-23)22-14-28-24-15-30(3)8-9-31(22)24/h4-7,10-14,16H,8-9,15H2,1-3H3,(H,27,29,32). The lowest BCUT2D eigenvalue weighted by atomic mass is 10.1. The van der Waals surface area contributed by atoms with Crippen molar-refractivity contribution in [2.75, 3.05) is 18.9 Å². The summed E-state index contributed by atoms with van der Waals surface area (Å²) in [6.07, 6.45) is 5.51. The maximum Gasteiger partial charge on any atom is 0.256 e. The van der Waals surface area contributed by atoms with Gasteiger partial charge < -0.3 is 14.6 Å². The zero-order valence-corrected chi connectivity index (χ0v) is 18.9. The Hall–Kier alpha value is -3.78. The quantitative estimate of drug-likeness (QED) is 0.503. The molecule has 4 heterocycles. The second kappa shape index (κ2) is 8.63. The highest BCUT2D eigenvalue weighted by Gasteiger charge is 2.19. The summed E-state index contributed by atoms with van der Waals surface area (Å²) in [5.41, 5.74) is 2.40. The van der Waals surface area contributed by atoms with Gasteiger partial charge in [0, 0.05) is 36.4 Å². The first-order valence-corrected chi connectivity index (χ1v) is 11.0. The van der Waals surface area contributed by atoms with Crippen molar-refractivity contribution in [1.82, 2.24) is 24.4 Å². The topological polar surface area (TPSA) is 85.2 Å². The zero-order chi connectivity index (χ0) is 22.9. The van der Waals surface area contributed by atoms with Crippen LogP contribution in [0.2, 0.25) is 0 Å². The van der Waals surface area contributed by atoms with Gasteiger partial charge in [-0.1, -0.05) is 0 Å². The first-order chi connectivity index (χ1) is 16.0. The SMILES string of the molecule is CC(C)Oc1ccc(C(=O)Nc2cc3cc(-c4cnc5n4CCN(C)C5)ncc3cn2)cc1. The largest absolute Gasteiger partial charge is 0.491 e. The number of carbonyl (C=O) groups excluding carboxylic acids is 1. The third kappa shape index (κ3) is 4.42. The fraction of sp³-hybridized carbons (Fsp3) is 0.280. The molecule has 0 spiro atoms. The number of benzene rings is 1. The van der Waals surface area contributed by atoms with E-state index in [0.29, 0.717) is 11.4 Å². The van der Waals surface area contributed by atoms with E-state index in [2.05, 4.69) is 36.8 Å². The van der Waals surface area contributed by atoms with Crippen LogP contribution in [-0.4, -0.2) is 50.0 Å². The molecule has 1 amide bonds. The number of nitrogens with zero attached hydrogens (tertiary/aromatic N) is 5. The van der Waals surface area contributed by atoms with Gasteiger partial charge in [0.15, 0.2) is 0 Å². The van der Waals surface area contributed by atoms with Crippen LogP contribution in [0.3, 0.4) is 0 Å². The number of ether oxygens (including phenoxy) is 1. The second-order valence-electron chi connectivity index (χ2n) is 8.58. The fourth-order valence-electron chi connectivity index (χ4n) is 3.98. The van der Waals surface area contributed by atoms with E-state index >= 15 is 0 Å². The number of nitrogens with one attached hydrogen (secondary N) is 1. The van der Waals surface area contributed by atoms with Crippen LogP contribution in [0.5, 0.6) is 5.75 Å². The Labute approximate surface area is 192 Å². The highest BCUT2D eigenvalue weighted by molar-refractivity contribution is 6.04. The number of imidazole rings is 1. The number of fused-ring (bicyclic) bond motifs is 2. The molecule has 1 aliphatic heterocycles. The average Bonchev–Trinajstić information content (AvgIpc) is 3.21. The molecule has 1 aliphatic rings. The second-order valence-corrected chi connectivity index (χ2v) is 8.58. The predicted octanol–water partition coefficient (Wildman–Crippen LogP) is 3.98. The number of carbonyl (C=O) groups is 1. The average molecular weight is 443 g/mol. The molecule has 5 rings (SSSR count). The Morgan fingerprint density at radius 2 is 1.79 bits per heavy atom. The first kappa shape index (κ1) is 21.1. The van der Waals surface area contributed by atoms with Gasteiger partial charge in [0.25, 0.3) is 5.91 Å². The molecular weight excluding hydrogens is 416 g/mol. The molecule has 33 heavy (non-hydrogen) atoms. The lowest BCUT2D eigenvalue weighted by molar-refractivity contribution is 0.102. The maximum atomic E-state index is 12.7. The summed E-state index contributed by atoms with van der Waals surface area (Å²) in [5.74, 6) is 2.05. The molecule has 8 nitrogen and oxygen atoms in total. The number of hydrogen-bond acceptors (Lipinski definition) is 6. The number of anilines is 1. The number of amides is 1. The summed E-state index contributed by atoms with van der Waals surface area (Å²) in [7, 11) is 2.10. The van der Waals surface area contributed by atoms with E-state index in [1.165, 1.54) is 0 Å². The van der Waals surface area contributed by atoms with Crippen LogP contribution in [0.4, 0.5) is 5.82 Å². The van der Waals surface area contributed by atoms with Crippen molar-refractivity contribution >= 4 is 22.5 Å². The van der Waals surface area contributed by atoms with Gasteiger partial charge in [-0.3, -0.25) is 14.7 Å². The van der Waals surface area contributed by atoms with Gasteiger partial charge in [-0.15, -0.1) is 0 Å². The van der Waals surface area contributed by atoms with Crippen molar-refractivity contribution in [3.05, 3.63) is 66.4 Å². The Balaban J connectivity index is 1.38. The van der Waals surface area contributed by atoms with Crippen LogP contribution < -0.4 is 10.1 Å². The van der Waals surface area contributed by atoms with E-state index in [0.717, 1.165) is 53.4 Å². The van der Waals surface area contributed by atoms with E-state index in [1.807, 2.05) is 38.4 Å². The Bertz CT molecular complexity index is 1310. The maximum absolute atomic E-state index is 12.7. The highest BCUT2D eigenvalue weighted by Crippen LogP contribution is 2.26. The van der Waals surface area contributed by atoms with Gasteiger partial charge >= 0.3 is 0 Å². The summed E-state index contributed by atoms with van der Waals surface area (Å²) in [4.78, 5) is 28.5. The zero-order valence-electron chi connectivity index (χ0n) is 18.9. The van der Waals surface area contributed by atoms with E-state index < -0.39 is 0 Å². The minimum atomic E-state index is -0.221. The van der Waals surface area contributed by atoms with E-state index in [1.54, 1.807) is 30.5 Å². The molecule has 0 saturated carbocycles. The van der Waals surface area contributed by atoms with Gasteiger partial charge in [-0.05, 0) is 62.7 Å². The lowest BCUT2D eigenvalue weighted by Crippen LogP contribution is -2.30. The molecule has 0 radical (unpaired) electrons. The Morgan fingerprint density at radius 1 is 1.00 bits per heavy atom. The van der Waals surface area contributed by atoms with Crippen LogP contribution in [0, 0.1) is 0 Å². The lowest BCUT2D eigenvalue weighted by Gasteiger charge is -2.24. The summed E-state index contributed by atoms with van der Waals surface area (Å²) in [6, 6.07) is 11.0. The summed E-state index contributed by atoms with van der Waals surface area (Å²) in [6.45, 7) is 6.63. The Kier molecular flexibility index (Phi) is 5.51. The number of pyridine rings is 2. The van der Waals surface area contributed by atoms with Gasteiger partial charge in [0.05, 0.1) is 30.2 Å². The van der Waals surface area contributed by atoms with Gasteiger partial charge in [0.2, 0.25) is 0 Å². The van der Waals surface area contributed by atoms with Crippen molar-refractivity contribution < 1.29 is 9.53 Å². The van der Waals surface area contributed by atoms with E-state index in [4.69, 9.17) is 4.74 Å². The molecule has 8 heteroatoms. The molecule has 1 aromatic carbocycles. The van der Waals surface area contributed by atoms with Crippen molar-refractivity contribution in [3.63, 3.8) is 0 Å². The fourth-order valence-corrected chi connectivity index (χ4v) is 3.98. The van der Waals surface area contributed by atoms with E-state index in [9.17, 15) is 4.79 Å². The molecule has 0 saturated heterocycles. The molecule has 1 N–H and O–H groups in total. The third-order valence-corrected chi connectivity index (χ3v) is 5.65. The number of hydrogen-bond donors (Lipinski definition) is 1. The van der Waals surface area contributed by atoms with Crippen LogP contribution in [0.15, 0.2) is 55.0 Å². The third-order valence-electron chi connectivity index (χ3n) is 5.65. The summed E-state index contributed by atoms with van der Waals surface area (Å²) in [5, 5.41) is 4.75. The number of likely N-dealkylation sites (N-methyl/N-ethyl adjacent to an activating group) is 1. The number of aromatic nitrogens is 4. The van der Waals surface area contributed by atoms with Crippen LogP contribution in [0.25, 0.3) is 22.2 Å². The van der Waals surface area contributed by atoms with Crippen molar-refractivity contribution in [2.45, 2.75) is 33.0 Å². The smallest absolute Gasteiger partial charge is 0.256 e. The first-order valence-electron chi connectivity index (χ1n) is 11.0. The Morgan fingerprint density at radius 3 is 2.58 bits per heavy atom. The molecule has 4 aromatic rings. The summed E-state index contributed by atoms with van der Waals surface area (Å²) >= 11 is 0. The molecule has 168 valence electrons. The van der Waals surface area contributed by atoms with Gasteiger partial charge in [-0.2, -0.15) is 0 Å². The normalized spacial score (nSPS) is 13.8. The molecule has 0 bridgehead atoms. The van der Waals surface area contributed by atoms with Gasteiger partial charge in [-0.25, -0.2) is 9.97 Å². The molecule has 0 atom stereocenters. The van der Waals surface area contributed by atoms with Crippen molar-refractivity contribution in [2.24, 2.45) is 0 Å². The molecule has 0 unspecified atom stereocenters. The van der Waals surface area contributed by atoms with Crippen molar-refractivity contribution in [3.8, 4) is 17.1 Å². The van der Waals surface area contributed by atoms with Gasteiger partial charge in [0.1, 0.15) is 17.4 Å². The number of rotatable bonds is 5. The molecule has 0 aliphatic carbocycles. The monoisotopic (exact) mass is 442 g/mol. The van der Waals surface area contributed by atoms with Crippen LogP contribution in [0.1, 0.15) is 30.0 Å². The van der Waals surface area contributed by atoms with Crippen LogP contribution >= 0.6 is 0 Å².